The summed E-state index contributed by atoms with van der Waals surface area (Å²) in [4.78, 5) is 14.5. The quantitative estimate of drug-likeness (QED) is 0.809. The Morgan fingerprint density at radius 3 is 2.42 bits per heavy atom. The molecule has 2 aromatic carbocycles. The van der Waals surface area contributed by atoms with Crippen molar-refractivity contribution in [3.63, 3.8) is 0 Å². The number of sulfonamides is 1. The molecule has 0 radical (unpaired) electrons. The maximum absolute atomic E-state index is 12.8. The van der Waals surface area contributed by atoms with Gasteiger partial charge < -0.3 is 4.90 Å². The lowest BCUT2D eigenvalue weighted by atomic mass is 10.00. The molecule has 0 aromatic heterocycles. The SMILES string of the molecule is Cc1ccccc1CN(CC(=O)N1CCc2ccccc2C1)S(C)(=O)=O. The topological polar surface area (TPSA) is 57.7 Å². The predicted molar refractivity (Wildman–Crippen MR) is 102 cm³/mol. The molecule has 0 saturated heterocycles. The van der Waals surface area contributed by atoms with Gasteiger partial charge in [0, 0.05) is 19.6 Å². The van der Waals surface area contributed by atoms with Crippen LogP contribution in [0.15, 0.2) is 48.5 Å². The zero-order valence-electron chi connectivity index (χ0n) is 15.2. The van der Waals surface area contributed by atoms with Crippen LogP contribution in [0.2, 0.25) is 0 Å². The van der Waals surface area contributed by atoms with Crippen LogP contribution >= 0.6 is 0 Å². The number of rotatable bonds is 5. The molecule has 1 amide bonds. The van der Waals surface area contributed by atoms with Gasteiger partial charge >= 0.3 is 0 Å². The first-order valence-electron chi connectivity index (χ1n) is 8.69. The van der Waals surface area contributed by atoms with Crippen LogP contribution in [0.1, 0.15) is 22.3 Å². The van der Waals surface area contributed by atoms with E-state index in [1.807, 2.05) is 49.4 Å². The summed E-state index contributed by atoms with van der Waals surface area (Å²) in [6, 6.07) is 15.7. The number of hydrogen-bond donors (Lipinski definition) is 0. The third kappa shape index (κ3) is 4.31. The third-order valence-corrected chi connectivity index (χ3v) is 6.07. The molecule has 0 aliphatic carbocycles. The van der Waals surface area contributed by atoms with E-state index in [4.69, 9.17) is 0 Å². The van der Waals surface area contributed by atoms with E-state index in [-0.39, 0.29) is 19.0 Å². The van der Waals surface area contributed by atoms with Gasteiger partial charge in [-0.25, -0.2) is 8.42 Å². The van der Waals surface area contributed by atoms with Gasteiger partial charge in [0.25, 0.3) is 0 Å². The molecular weight excluding hydrogens is 348 g/mol. The largest absolute Gasteiger partial charge is 0.337 e. The second-order valence-electron chi connectivity index (χ2n) is 6.79. The molecule has 1 heterocycles. The van der Waals surface area contributed by atoms with Gasteiger partial charge in [-0.3, -0.25) is 4.79 Å². The minimum absolute atomic E-state index is 0.130. The summed E-state index contributed by atoms with van der Waals surface area (Å²) in [5.41, 5.74) is 4.32. The van der Waals surface area contributed by atoms with E-state index >= 15 is 0 Å². The number of benzene rings is 2. The Hall–Kier alpha value is -2.18. The molecule has 6 heteroatoms. The molecule has 1 aliphatic rings. The van der Waals surface area contributed by atoms with E-state index in [9.17, 15) is 13.2 Å². The highest BCUT2D eigenvalue weighted by Gasteiger charge is 2.26. The predicted octanol–water partition coefficient (Wildman–Crippen LogP) is 2.34. The molecule has 0 N–H and O–H groups in total. The first-order valence-corrected chi connectivity index (χ1v) is 10.5. The Balaban J connectivity index is 1.73. The van der Waals surface area contributed by atoms with Crippen LogP contribution in [0.5, 0.6) is 0 Å². The van der Waals surface area contributed by atoms with Gasteiger partial charge in [-0.1, -0.05) is 48.5 Å². The van der Waals surface area contributed by atoms with E-state index < -0.39 is 10.0 Å². The van der Waals surface area contributed by atoms with E-state index in [0.717, 1.165) is 29.4 Å². The number of nitrogens with zero attached hydrogens (tertiary/aromatic N) is 2. The molecule has 138 valence electrons. The number of hydrogen-bond acceptors (Lipinski definition) is 3. The van der Waals surface area contributed by atoms with E-state index in [2.05, 4.69) is 6.07 Å². The Morgan fingerprint density at radius 2 is 1.73 bits per heavy atom. The van der Waals surface area contributed by atoms with Gasteiger partial charge in [0.05, 0.1) is 12.8 Å². The van der Waals surface area contributed by atoms with Crippen molar-refractivity contribution < 1.29 is 13.2 Å². The minimum Gasteiger partial charge on any atom is -0.337 e. The van der Waals surface area contributed by atoms with Gasteiger partial charge in [0.15, 0.2) is 0 Å². The molecule has 0 atom stereocenters. The third-order valence-electron chi connectivity index (χ3n) is 4.87. The summed E-state index contributed by atoms with van der Waals surface area (Å²) in [5.74, 6) is -0.154. The molecule has 26 heavy (non-hydrogen) atoms. The summed E-state index contributed by atoms with van der Waals surface area (Å²) in [5, 5.41) is 0. The van der Waals surface area contributed by atoms with Crippen LogP contribution in [-0.4, -0.2) is 42.9 Å². The van der Waals surface area contributed by atoms with Crippen LogP contribution in [0, 0.1) is 6.92 Å². The van der Waals surface area contributed by atoms with Crippen LogP contribution < -0.4 is 0 Å². The maximum atomic E-state index is 12.8. The molecule has 0 spiro atoms. The molecule has 3 rings (SSSR count). The normalized spacial score (nSPS) is 14.3. The van der Waals surface area contributed by atoms with Crippen molar-refractivity contribution in [3.8, 4) is 0 Å². The Bertz CT molecular complexity index is 909. The average molecular weight is 372 g/mol. The highest BCUT2D eigenvalue weighted by atomic mass is 32.2. The van der Waals surface area contributed by atoms with Crippen LogP contribution in [0.4, 0.5) is 0 Å². The molecule has 0 bridgehead atoms. The number of carbonyl (C=O) groups excluding carboxylic acids is 1. The van der Waals surface area contributed by atoms with Crippen LogP contribution in [0.25, 0.3) is 0 Å². The first kappa shape index (κ1) is 18.6. The molecule has 0 unspecified atom stereocenters. The Morgan fingerprint density at radius 1 is 1.08 bits per heavy atom. The Kier molecular flexibility index (Phi) is 5.44. The summed E-state index contributed by atoms with van der Waals surface area (Å²) >= 11 is 0. The summed E-state index contributed by atoms with van der Waals surface area (Å²) < 4.78 is 25.7. The standard InChI is InChI=1S/C20H24N2O3S/c1-16-7-3-4-9-18(16)14-22(26(2,24)25)15-20(23)21-12-11-17-8-5-6-10-19(17)13-21/h3-10H,11-15H2,1-2H3. The maximum Gasteiger partial charge on any atom is 0.238 e. The van der Waals surface area contributed by atoms with Crippen molar-refractivity contribution >= 4 is 15.9 Å². The highest BCUT2D eigenvalue weighted by molar-refractivity contribution is 7.88. The molecule has 5 nitrogen and oxygen atoms in total. The fourth-order valence-electron chi connectivity index (χ4n) is 3.23. The average Bonchev–Trinajstić information content (AvgIpc) is 2.61. The van der Waals surface area contributed by atoms with Crippen molar-refractivity contribution in [1.29, 1.82) is 0 Å². The number of amides is 1. The summed E-state index contributed by atoms with van der Waals surface area (Å²) in [6.07, 6.45) is 1.96. The monoisotopic (exact) mass is 372 g/mol. The first-order chi connectivity index (χ1) is 12.3. The molecule has 1 aliphatic heterocycles. The van der Waals surface area contributed by atoms with Crippen LogP contribution in [0.3, 0.4) is 0 Å². The lowest BCUT2D eigenvalue weighted by Gasteiger charge is -2.31. The van der Waals surface area contributed by atoms with Gasteiger partial charge in [-0.05, 0) is 35.6 Å². The smallest absolute Gasteiger partial charge is 0.238 e. The fraction of sp³-hybridized carbons (Fsp3) is 0.350. The van der Waals surface area contributed by atoms with Gasteiger partial charge in [0.2, 0.25) is 15.9 Å². The molecular formula is C20H24N2O3S. The lowest BCUT2D eigenvalue weighted by Crippen LogP contribution is -2.44. The van der Waals surface area contributed by atoms with Gasteiger partial charge in [0.1, 0.15) is 0 Å². The van der Waals surface area contributed by atoms with E-state index in [1.165, 1.54) is 9.87 Å². The molecule has 0 fully saturated rings. The van der Waals surface area contributed by atoms with Crippen molar-refractivity contribution in [2.45, 2.75) is 26.4 Å². The Labute approximate surface area is 155 Å². The summed E-state index contributed by atoms with van der Waals surface area (Å²) in [6.45, 7) is 3.19. The van der Waals surface area contributed by atoms with Gasteiger partial charge in [-0.15, -0.1) is 0 Å². The van der Waals surface area contributed by atoms with Crippen LogP contribution in [-0.2, 0) is 34.3 Å². The van der Waals surface area contributed by atoms with E-state index in [1.54, 1.807) is 4.90 Å². The number of fused-ring (bicyclic) bond motifs is 1. The second kappa shape index (κ2) is 7.60. The van der Waals surface area contributed by atoms with E-state index in [0.29, 0.717) is 13.1 Å². The van der Waals surface area contributed by atoms with Gasteiger partial charge in [-0.2, -0.15) is 4.31 Å². The minimum atomic E-state index is -3.49. The number of carbonyl (C=O) groups is 1. The molecule has 2 aromatic rings. The van der Waals surface area contributed by atoms with Crippen molar-refractivity contribution in [1.82, 2.24) is 9.21 Å². The fourth-order valence-corrected chi connectivity index (χ4v) is 3.95. The second-order valence-corrected chi connectivity index (χ2v) is 8.77. The molecule has 0 saturated carbocycles. The van der Waals surface area contributed by atoms with Crippen molar-refractivity contribution in [2.75, 3.05) is 19.3 Å². The highest BCUT2D eigenvalue weighted by Crippen LogP contribution is 2.19. The van der Waals surface area contributed by atoms with Crippen molar-refractivity contribution in [3.05, 3.63) is 70.8 Å². The van der Waals surface area contributed by atoms with Crippen molar-refractivity contribution in [2.24, 2.45) is 0 Å². The number of aryl methyl sites for hydroxylation is 1. The summed E-state index contributed by atoms with van der Waals surface area (Å²) in [7, 11) is -3.49. The zero-order valence-corrected chi connectivity index (χ0v) is 16.0. The lowest BCUT2D eigenvalue weighted by molar-refractivity contribution is -0.132. The zero-order chi connectivity index (χ0) is 18.7.